The molecule has 1 saturated heterocycles. The lowest BCUT2D eigenvalue weighted by molar-refractivity contribution is -0.0328. The van der Waals surface area contributed by atoms with Crippen molar-refractivity contribution in [3.05, 3.63) is 30.3 Å². The van der Waals surface area contributed by atoms with Crippen molar-refractivity contribution >= 4 is 11.8 Å². The average molecular weight is 289 g/mol. The first-order chi connectivity index (χ1) is 9.82. The summed E-state index contributed by atoms with van der Waals surface area (Å²) < 4.78 is 5.60. The van der Waals surface area contributed by atoms with E-state index in [4.69, 9.17) is 4.74 Å². The van der Waals surface area contributed by atoms with Gasteiger partial charge in [0.2, 0.25) is 0 Å². The van der Waals surface area contributed by atoms with Crippen LogP contribution >= 0.6 is 0 Å². The van der Waals surface area contributed by atoms with E-state index in [1.54, 1.807) is 4.90 Å². The lowest BCUT2D eigenvalue weighted by Gasteiger charge is -2.45. The standard InChI is InChI=1S/C17H23NO3/c1-16(2,20)12-9-10-14-17(3,11-12)18(15(19)21-14)13-7-5-4-6-8-13/h4-8,12,14,20H,9-11H2,1-3H3/t12-,14-,17+/m0/s1. The van der Waals surface area contributed by atoms with Crippen LogP contribution in [0, 0.1) is 5.92 Å². The molecular weight excluding hydrogens is 266 g/mol. The van der Waals surface area contributed by atoms with Gasteiger partial charge in [-0.2, -0.15) is 0 Å². The fraction of sp³-hybridized carbons (Fsp3) is 0.588. The number of para-hydroxylation sites is 1. The maximum absolute atomic E-state index is 12.3. The molecular formula is C17H23NO3. The lowest BCUT2D eigenvalue weighted by atomic mass is 9.69. The number of aliphatic hydroxyl groups is 1. The molecule has 0 aromatic heterocycles. The number of rotatable bonds is 2. The van der Waals surface area contributed by atoms with E-state index in [2.05, 4.69) is 6.92 Å². The van der Waals surface area contributed by atoms with Crippen LogP contribution in [0.2, 0.25) is 0 Å². The summed E-state index contributed by atoms with van der Waals surface area (Å²) in [5, 5.41) is 10.4. The topological polar surface area (TPSA) is 49.8 Å². The first-order valence-corrected chi connectivity index (χ1v) is 7.60. The van der Waals surface area contributed by atoms with E-state index >= 15 is 0 Å². The summed E-state index contributed by atoms with van der Waals surface area (Å²) in [4.78, 5) is 14.1. The van der Waals surface area contributed by atoms with Crippen molar-refractivity contribution in [2.24, 2.45) is 5.92 Å². The highest BCUT2D eigenvalue weighted by molar-refractivity contribution is 5.92. The molecule has 1 aliphatic carbocycles. The fourth-order valence-electron chi connectivity index (χ4n) is 3.78. The number of nitrogens with zero attached hydrogens (tertiary/aromatic N) is 1. The molecule has 2 aliphatic rings. The number of hydrogen-bond donors (Lipinski definition) is 1. The smallest absolute Gasteiger partial charge is 0.415 e. The van der Waals surface area contributed by atoms with E-state index in [-0.39, 0.29) is 23.7 Å². The molecule has 1 amide bonds. The number of carbonyl (C=O) groups is 1. The van der Waals surface area contributed by atoms with Crippen molar-refractivity contribution in [2.75, 3.05) is 4.90 Å². The van der Waals surface area contributed by atoms with Crippen LogP contribution in [0.3, 0.4) is 0 Å². The predicted molar refractivity (Wildman–Crippen MR) is 81.2 cm³/mol. The summed E-state index contributed by atoms with van der Waals surface area (Å²) in [6.45, 7) is 5.78. The summed E-state index contributed by atoms with van der Waals surface area (Å²) >= 11 is 0. The summed E-state index contributed by atoms with van der Waals surface area (Å²) in [5.41, 5.74) is -0.257. The molecule has 3 rings (SSSR count). The van der Waals surface area contributed by atoms with Crippen LogP contribution in [0.4, 0.5) is 10.5 Å². The summed E-state index contributed by atoms with van der Waals surface area (Å²) in [7, 11) is 0. The van der Waals surface area contributed by atoms with Crippen LogP contribution in [-0.2, 0) is 4.74 Å². The Kier molecular flexibility index (Phi) is 3.24. The zero-order chi connectivity index (χ0) is 15.3. The number of carbonyl (C=O) groups excluding carboxylic acids is 1. The van der Waals surface area contributed by atoms with Gasteiger partial charge in [0.15, 0.2) is 0 Å². The SMILES string of the molecule is CC(C)(O)[C@H]1CC[C@@H]2OC(=O)N(c3ccccc3)[C@]2(C)C1. The quantitative estimate of drug-likeness (QED) is 0.908. The zero-order valence-electron chi connectivity index (χ0n) is 12.9. The molecule has 21 heavy (non-hydrogen) atoms. The van der Waals surface area contributed by atoms with Gasteiger partial charge in [-0.05, 0) is 58.1 Å². The minimum Gasteiger partial charge on any atom is -0.443 e. The van der Waals surface area contributed by atoms with Gasteiger partial charge < -0.3 is 9.84 Å². The highest BCUT2D eigenvalue weighted by Gasteiger charge is 2.56. The third-order valence-corrected chi connectivity index (χ3v) is 5.08. The summed E-state index contributed by atoms with van der Waals surface area (Å²) in [6.07, 6.45) is 2.08. The Labute approximate surface area is 125 Å². The Morgan fingerprint density at radius 3 is 2.57 bits per heavy atom. The lowest BCUT2D eigenvalue weighted by Crippen LogP contribution is -2.55. The second kappa shape index (κ2) is 4.73. The Balaban J connectivity index is 1.96. The minimum atomic E-state index is -0.734. The maximum atomic E-state index is 12.3. The molecule has 0 bridgehead atoms. The Bertz CT molecular complexity index is 537. The highest BCUT2D eigenvalue weighted by atomic mass is 16.6. The number of benzene rings is 1. The molecule has 4 nitrogen and oxygen atoms in total. The van der Waals surface area contributed by atoms with Crippen molar-refractivity contribution in [1.29, 1.82) is 0 Å². The minimum absolute atomic E-state index is 0.0937. The number of amides is 1. The second-order valence-corrected chi connectivity index (χ2v) is 7.03. The predicted octanol–water partition coefficient (Wildman–Crippen LogP) is 3.34. The molecule has 1 aliphatic heterocycles. The van der Waals surface area contributed by atoms with Crippen molar-refractivity contribution in [3.63, 3.8) is 0 Å². The van der Waals surface area contributed by atoms with E-state index in [9.17, 15) is 9.90 Å². The molecule has 4 heteroatoms. The molecule has 0 unspecified atom stereocenters. The molecule has 0 radical (unpaired) electrons. The third-order valence-electron chi connectivity index (χ3n) is 5.08. The Morgan fingerprint density at radius 2 is 1.95 bits per heavy atom. The third kappa shape index (κ3) is 2.31. The number of hydrogen-bond acceptors (Lipinski definition) is 3. The van der Waals surface area contributed by atoms with Gasteiger partial charge in [0.25, 0.3) is 0 Å². The average Bonchev–Trinajstić information content (AvgIpc) is 2.68. The number of ether oxygens (including phenoxy) is 1. The number of fused-ring (bicyclic) bond motifs is 1. The maximum Gasteiger partial charge on any atom is 0.415 e. The van der Waals surface area contributed by atoms with Crippen molar-refractivity contribution in [2.45, 2.75) is 57.3 Å². The van der Waals surface area contributed by atoms with Crippen LogP contribution in [0.15, 0.2) is 30.3 Å². The second-order valence-electron chi connectivity index (χ2n) is 7.03. The Morgan fingerprint density at radius 1 is 1.29 bits per heavy atom. The van der Waals surface area contributed by atoms with Crippen LogP contribution in [0.25, 0.3) is 0 Å². The molecule has 1 N–H and O–H groups in total. The fourth-order valence-corrected chi connectivity index (χ4v) is 3.78. The Hall–Kier alpha value is -1.55. The number of anilines is 1. The highest BCUT2D eigenvalue weighted by Crippen LogP contribution is 2.47. The zero-order valence-corrected chi connectivity index (χ0v) is 12.9. The molecule has 1 saturated carbocycles. The normalized spacial score (nSPS) is 32.8. The molecule has 2 fully saturated rings. The van der Waals surface area contributed by atoms with E-state index in [0.717, 1.165) is 24.9 Å². The van der Waals surface area contributed by atoms with Gasteiger partial charge in [0, 0.05) is 5.69 Å². The molecule has 0 spiro atoms. The monoisotopic (exact) mass is 289 g/mol. The molecule has 3 atom stereocenters. The van der Waals surface area contributed by atoms with Crippen LogP contribution < -0.4 is 4.90 Å². The van der Waals surface area contributed by atoms with Crippen LogP contribution in [0.5, 0.6) is 0 Å². The van der Waals surface area contributed by atoms with E-state index in [1.165, 1.54) is 0 Å². The van der Waals surface area contributed by atoms with Gasteiger partial charge in [-0.1, -0.05) is 18.2 Å². The first kappa shape index (κ1) is 14.4. The first-order valence-electron chi connectivity index (χ1n) is 7.60. The molecule has 1 heterocycles. The van der Waals surface area contributed by atoms with Crippen molar-refractivity contribution < 1.29 is 14.6 Å². The summed E-state index contributed by atoms with van der Waals surface area (Å²) in [6, 6.07) is 9.65. The van der Waals surface area contributed by atoms with E-state index < -0.39 is 5.60 Å². The van der Waals surface area contributed by atoms with E-state index in [0.29, 0.717) is 0 Å². The van der Waals surface area contributed by atoms with Crippen molar-refractivity contribution in [3.8, 4) is 0 Å². The molecule has 1 aromatic carbocycles. The molecule has 114 valence electrons. The van der Waals surface area contributed by atoms with E-state index in [1.807, 2.05) is 44.2 Å². The van der Waals surface area contributed by atoms with Gasteiger partial charge in [-0.3, -0.25) is 4.90 Å². The largest absolute Gasteiger partial charge is 0.443 e. The molecule has 1 aromatic rings. The van der Waals surface area contributed by atoms with Gasteiger partial charge in [-0.25, -0.2) is 4.79 Å². The van der Waals surface area contributed by atoms with Gasteiger partial charge in [-0.15, -0.1) is 0 Å². The van der Waals surface area contributed by atoms with Crippen LogP contribution in [-0.4, -0.2) is 28.4 Å². The van der Waals surface area contributed by atoms with Gasteiger partial charge in [0.05, 0.1) is 11.1 Å². The van der Waals surface area contributed by atoms with Gasteiger partial charge >= 0.3 is 6.09 Å². The summed E-state index contributed by atoms with van der Waals surface area (Å²) in [5.74, 6) is 0.166. The van der Waals surface area contributed by atoms with Crippen LogP contribution in [0.1, 0.15) is 40.0 Å². The van der Waals surface area contributed by atoms with Crippen molar-refractivity contribution in [1.82, 2.24) is 0 Å². The van der Waals surface area contributed by atoms with Gasteiger partial charge in [0.1, 0.15) is 6.10 Å².